The monoisotopic (exact) mass is 234 g/mol. The fourth-order valence-electron chi connectivity index (χ4n) is 1.66. The van der Waals surface area contributed by atoms with Crippen LogP contribution in [0.3, 0.4) is 0 Å². The number of carbonyl (C=O) groups is 1. The first kappa shape index (κ1) is 13.7. The standard InChI is InChI=1S/C14H22N2O/c1-5-11(15)13(17)16-12-9-7-6-8-10(12)14(2,3)4/h6-9,11H,5,15H2,1-4H3,(H,16,17). The Balaban J connectivity index is 2.96. The highest BCUT2D eigenvalue weighted by Gasteiger charge is 2.19. The van der Waals surface area contributed by atoms with Gasteiger partial charge in [-0.15, -0.1) is 0 Å². The topological polar surface area (TPSA) is 55.1 Å². The van der Waals surface area contributed by atoms with Gasteiger partial charge in [0, 0.05) is 5.69 Å². The van der Waals surface area contributed by atoms with Crippen LogP contribution in [0.2, 0.25) is 0 Å². The lowest BCUT2D eigenvalue weighted by Gasteiger charge is -2.23. The highest BCUT2D eigenvalue weighted by atomic mass is 16.2. The van der Waals surface area contributed by atoms with Crippen molar-refractivity contribution in [3.05, 3.63) is 29.8 Å². The van der Waals surface area contributed by atoms with Crippen LogP contribution in [0, 0.1) is 0 Å². The van der Waals surface area contributed by atoms with E-state index in [0.29, 0.717) is 6.42 Å². The Morgan fingerprint density at radius 2 is 1.94 bits per heavy atom. The van der Waals surface area contributed by atoms with Crippen molar-refractivity contribution in [2.45, 2.75) is 45.6 Å². The van der Waals surface area contributed by atoms with Crippen LogP contribution < -0.4 is 11.1 Å². The van der Waals surface area contributed by atoms with Crippen LogP contribution in [0.25, 0.3) is 0 Å². The molecule has 0 aliphatic carbocycles. The zero-order valence-electron chi connectivity index (χ0n) is 11.1. The van der Waals surface area contributed by atoms with E-state index < -0.39 is 6.04 Å². The van der Waals surface area contributed by atoms with Gasteiger partial charge in [-0.05, 0) is 23.5 Å². The lowest BCUT2D eigenvalue weighted by Crippen LogP contribution is -2.35. The Bertz CT molecular complexity index is 393. The molecule has 94 valence electrons. The first-order valence-electron chi connectivity index (χ1n) is 6.02. The molecular weight excluding hydrogens is 212 g/mol. The van der Waals surface area contributed by atoms with Crippen molar-refractivity contribution in [1.29, 1.82) is 0 Å². The molecule has 0 saturated heterocycles. The summed E-state index contributed by atoms with van der Waals surface area (Å²) in [6.45, 7) is 8.27. The summed E-state index contributed by atoms with van der Waals surface area (Å²) in [5, 5.41) is 2.90. The molecular formula is C14H22N2O. The summed E-state index contributed by atoms with van der Waals surface area (Å²) in [6.07, 6.45) is 0.642. The molecule has 17 heavy (non-hydrogen) atoms. The lowest BCUT2D eigenvalue weighted by atomic mass is 9.86. The van der Waals surface area contributed by atoms with Crippen LogP contribution in [0.15, 0.2) is 24.3 Å². The first-order valence-corrected chi connectivity index (χ1v) is 6.02. The maximum absolute atomic E-state index is 11.8. The van der Waals surface area contributed by atoms with E-state index in [9.17, 15) is 4.79 Å². The molecule has 0 aliphatic rings. The number of anilines is 1. The van der Waals surface area contributed by atoms with E-state index in [1.54, 1.807) is 0 Å². The first-order chi connectivity index (χ1) is 7.86. The van der Waals surface area contributed by atoms with Gasteiger partial charge in [0.25, 0.3) is 0 Å². The molecule has 0 saturated carbocycles. The highest BCUT2D eigenvalue weighted by molar-refractivity contribution is 5.95. The van der Waals surface area contributed by atoms with Gasteiger partial charge in [-0.1, -0.05) is 45.9 Å². The van der Waals surface area contributed by atoms with E-state index in [1.807, 2.05) is 31.2 Å². The fraction of sp³-hybridized carbons (Fsp3) is 0.500. The molecule has 3 heteroatoms. The quantitative estimate of drug-likeness (QED) is 0.844. The van der Waals surface area contributed by atoms with Gasteiger partial charge in [0.1, 0.15) is 0 Å². The Morgan fingerprint density at radius 3 is 2.47 bits per heavy atom. The SMILES string of the molecule is CCC(N)C(=O)Nc1ccccc1C(C)(C)C. The summed E-state index contributed by atoms with van der Waals surface area (Å²) in [5.41, 5.74) is 7.69. The Kier molecular flexibility index (Phi) is 4.29. The van der Waals surface area contributed by atoms with Crippen LogP contribution in [0.5, 0.6) is 0 Å². The van der Waals surface area contributed by atoms with Crippen molar-refractivity contribution in [3.8, 4) is 0 Å². The second-order valence-corrected chi connectivity index (χ2v) is 5.30. The number of hydrogen-bond acceptors (Lipinski definition) is 2. The number of hydrogen-bond donors (Lipinski definition) is 2. The average Bonchev–Trinajstić information content (AvgIpc) is 2.27. The second-order valence-electron chi connectivity index (χ2n) is 5.30. The Morgan fingerprint density at radius 1 is 1.35 bits per heavy atom. The zero-order valence-corrected chi connectivity index (χ0v) is 11.1. The predicted octanol–water partition coefficient (Wildman–Crippen LogP) is 2.66. The smallest absolute Gasteiger partial charge is 0.241 e. The molecule has 3 nitrogen and oxygen atoms in total. The normalized spacial score (nSPS) is 13.2. The van der Waals surface area contributed by atoms with Crippen LogP contribution in [0.1, 0.15) is 39.7 Å². The van der Waals surface area contributed by atoms with Crippen molar-refractivity contribution in [2.24, 2.45) is 5.73 Å². The summed E-state index contributed by atoms with van der Waals surface area (Å²) in [5.74, 6) is -0.121. The van der Waals surface area contributed by atoms with E-state index in [2.05, 4.69) is 26.1 Å². The van der Waals surface area contributed by atoms with Gasteiger partial charge in [0.15, 0.2) is 0 Å². The minimum atomic E-state index is -0.442. The third-order valence-electron chi connectivity index (χ3n) is 2.77. The van der Waals surface area contributed by atoms with Crippen molar-refractivity contribution in [1.82, 2.24) is 0 Å². The lowest BCUT2D eigenvalue weighted by molar-refractivity contribution is -0.117. The van der Waals surface area contributed by atoms with E-state index >= 15 is 0 Å². The molecule has 0 aromatic heterocycles. The van der Waals surface area contributed by atoms with Gasteiger partial charge in [-0.2, -0.15) is 0 Å². The van der Waals surface area contributed by atoms with Crippen molar-refractivity contribution < 1.29 is 4.79 Å². The number of para-hydroxylation sites is 1. The van der Waals surface area contributed by atoms with E-state index in [1.165, 1.54) is 0 Å². The number of benzene rings is 1. The number of carbonyl (C=O) groups excluding carboxylic acids is 1. The summed E-state index contributed by atoms with van der Waals surface area (Å²) in [7, 11) is 0. The van der Waals surface area contributed by atoms with Crippen LogP contribution in [-0.4, -0.2) is 11.9 Å². The number of nitrogens with one attached hydrogen (secondary N) is 1. The molecule has 0 aliphatic heterocycles. The van der Waals surface area contributed by atoms with E-state index in [-0.39, 0.29) is 11.3 Å². The highest BCUT2D eigenvalue weighted by Crippen LogP contribution is 2.29. The van der Waals surface area contributed by atoms with Gasteiger partial charge in [0.2, 0.25) is 5.91 Å². The van der Waals surface area contributed by atoms with Gasteiger partial charge < -0.3 is 11.1 Å². The molecule has 0 radical (unpaired) electrons. The van der Waals surface area contributed by atoms with Crippen LogP contribution in [-0.2, 0) is 10.2 Å². The van der Waals surface area contributed by atoms with Gasteiger partial charge in [0.05, 0.1) is 6.04 Å². The van der Waals surface area contributed by atoms with Crippen LogP contribution >= 0.6 is 0 Å². The van der Waals surface area contributed by atoms with Gasteiger partial charge in [-0.3, -0.25) is 4.79 Å². The number of rotatable bonds is 3. The summed E-state index contributed by atoms with van der Waals surface area (Å²) in [4.78, 5) is 11.8. The number of nitrogens with two attached hydrogens (primary N) is 1. The largest absolute Gasteiger partial charge is 0.324 e. The molecule has 1 rings (SSSR count). The van der Waals surface area contributed by atoms with Crippen molar-refractivity contribution >= 4 is 11.6 Å². The molecule has 1 atom stereocenters. The molecule has 0 spiro atoms. The summed E-state index contributed by atoms with van der Waals surface area (Å²) >= 11 is 0. The molecule has 3 N–H and O–H groups in total. The van der Waals surface area contributed by atoms with Gasteiger partial charge >= 0.3 is 0 Å². The van der Waals surface area contributed by atoms with Gasteiger partial charge in [-0.25, -0.2) is 0 Å². The predicted molar refractivity (Wildman–Crippen MR) is 72.0 cm³/mol. The minimum Gasteiger partial charge on any atom is -0.324 e. The third-order valence-corrected chi connectivity index (χ3v) is 2.77. The molecule has 1 amide bonds. The van der Waals surface area contributed by atoms with E-state index in [0.717, 1.165) is 11.3 Å². The molecule has 0 bridgehead atoms. The average molecular weight is 234 g/mol. The second kappa shape index (κ2) is 5.32. The molecule has 0 heterocycles. The maximum Gasteiger partial charge on any atom is 0.241 e. The van der Waals surface area contributed by atoms with Crippen molar-refractivity contribution in [2.75, 3.05) is 5.32 Å². The van der Waals surface area contributed by atoms with E-state index in [4.69, 9.17) is 5.73 Å². The number of amides is 1. The summed E-state index contributed by atoms with van der Waals surface area (Å²) < 4.78 is 0. The third kappa shape index (κ3) is 3.56. The van der Waals surface area contributed by atoms with Crippen LogP contribution in [0.4, 0.5) is 5.69 Å². The fourth-order valence-corrected chi connectivity index (χ4v) is 1.66. The zero-order chi connectivity index (χ0) is 13.1. The Labute approximate surface area is 103 Å². The van der Waals surface area contributed by atoms with Crippen molar-refractivity contribution in [3.63, 3.8) is 0 Å². The Hall–Kier alpha value is -1.35. The molecule has 1 unspecified atom stereocenters. The maximum atomic E-state index is 11.8. The molecule has 1 aromatic carbocycles. The minimum absolute atomic E-state index is 0.000182. The molecule has 0 fully saturated rings. The molecule has 1 aromatic rings. The summed E-state index contributed by atoms with van der Waals surface area (Å²) in [6, 6.07) is 7.41.